The molecule has 1 aliphatic rings. The van der Waals surface area contributed by atoms with E-state index in [1.807, 2.05) is 31.7 Å². The molecule has 2 aromatic heterocycles. The number of hydrogen-bond donors (Lipinski definition) is 0. The molecule has 0 amide bonds. The van der Waals surface area contributed by atoms with Crippen LogP contribution in [0.1, 0.15) is 24.0 Å². The molecule has 0 radical (unpaired) electrons. The normalized spacial score (nSPS) is 18.7. The van der Waals surface area contributed by atoms with Crippen LogP contribution < -0.4 is 5.63 Å². The number of nitrogens with zero attached hydrogens (tertiary/aromatic N) is 3. The second-order valence-corrected chi connectivity index (χ2v) is 7.08. The van der Waals surface area contributed by atoms with E-state index in [2.05, 4.69) is 26.6 Å². The summed E-state index contributed by atoms with van der Waals surface area (Å²) in [5.74, 6) is 0.656. The van der Waals surface area contributed by atoms with Crippen LogP contribution in [-0.2, 0) is 13.1 Å². The largest absolute Gasteiger partial charge is 0.423 e. The van der Waals surface area contributed by atoms with Gasteiger partial charge in [-0.25, -0.2) is 9.78 Å². The number of benzene rings is 1. The molecule has 5 nitrogen and oxygen atoms in total. The summed E-state index contributed by atoms with van der Waals surface area (Å²) >= 11 is 0. The van der Waals surface area contributed by atoms with E-state index in [0.29, 0.717) is 11.5 Å². The zero-order valence-electron chi connectivity index (χ0n) is 14.5. The van der Waals surface area contributed by atoms with Gasteiger partial charge in [-0.05, 0) is 49.4 Å². The van der Waals surface area contributed by atoms with Crippen molar-refractivity contribution in [3.05, 3.63) is 64.5 Å². The summed E-state index contributed by atoms with van der Waals surface area (Å²) in [6, 6.07) is 7.78. The fourth-order valence-corrected chi connectivity index (χ4v) is 3.86. The van der Waals surface area contributed by atoms with Crippen LogP contribution in [0.4, 0.5) is 0 Å². The highest BCUT2D eigenvalue weighted by Gasteiger charge is 2.20. The molecule has 1 saturated heterocycles. The summed E-state index contributed by atoms with van der Waals surface area (Å²) in [7, 11) is 0. The van der Waals surface area contributed by atoms with Gasteiger partial charge < -0.3 is 8.98 Å². The Morgan fingerprint density at radius 1 is 1.32 bits per heavy atom. The molecule has 0 spiro atoms. The molecule has 1 fully saturated rings. The third kappa shape index (κ3) is 3.66. The van der Waals surface area contributed by atoms with Crippen LogP contribution in [-0.4, -0.2) is 27.5 Å². The van der Waals surface area contributed by atoms with Crippen molar-refractivity contribution in [2.45, 2.75) is 32.9 Å². The van der Waals surface area contributed by atoms with Crippen molar-refractivity contribution in [2.24, 2.45) is 5.92 Å². The number of hydrogen-bond acceptors (Lipinski definition) is 4. The quantitative estimate of drug-likeness (QED) is 0.686. The second-order valence-electron chi connectivity index (χ2n) is 7.08. The van der Waals surface area contributed by atoms with E-state index in [1.54, 1.807) is 6.07 Å². The summed E-state index contributed by atoms with van der Waals surface area (Å²) in [5.41, 5.74) is 2.58. The van der Waals surface area contributed by atoms with Crippen molar-refractivity contribution >= 4 is 11.0 Å². The molecule has 1 aromatic carbocycles. The van der Waals surface area contributed by atoms with Gasteiger partial charge in [0.2, 0.25) is 0 Å². The van der Waals surface area contributed by atoms with E-state index in [1.165, 1.54) is 18.4 Å². The molecule has 130 valence electrons. The fourth-order valence-electron chi connectivity index (χ4n) is 3.86. The van der Waals surface area contributed by atoms with Crippen molar-refractivity contribution in [1.29, 1.82) is 0 Å². The maximum absolute atomic E-state index is 11.6. The first kappa shape index (κ1) is 16.1. The number of piperidine rings is 1. The summed E-state index contributed by atoms with van der Waals surface area (Å²) in [6.07, 6.45) is 8.26. The monoisotopic (exact) mass is 337 g/mol. The standard InChI is InChI=1S/C20H23N3O2/c1-15-9-20(24)25-19-10-16(4-5-18(15)19)11-22-7-2-3-17(12-22)13-23-8-6-21-14-23/h4-6,8-10,14,17H,2-3,7,11-13H2,1H3/t17-/m1/s1. The zero-order chi connectivity index (χ0) is 17.2. The molecule has 1 aliphatic heterocycles. The third-order valence-corrected chi connectivity index (χ3v) is 5.05. The van der Waals surface area contributed by atoms with E-state index >= 15 is 0 Å². The van der Waals surface area contributed by atoms with Crippen molar-refractivity contribution in [3.8, 4) is 0 Å². The van der Waals surface area contributed by atoms with Gasteiger partial charge in [0.15, 0.2) is 0 Å². The lowest BCUT2D eigenvalue weighted by Gasteiger charge is -2.33. The molecule has 5 heteroatoms. The smallest absolute Gasteiger partial charge is 0.336 e. The summed E-state index contributed by atoms with van der Waals surface area (Å²) in [4.78, 5) is 18.2. The van der Waals surface area contributed by atoms with Crippen LogP contribution in [0.3, 0.4) is 0 Å². The Hall–Kier alpha value is -2.40. The number of aryl methyl sites for hydroxylation is 1. The summed E-state index contributed by atoms with van der Waals surface area (Å²) in [6.45, 7) is 6.09. The van der Waals surface area contributed by atoms with Gasteiger partial charge >= 0.3 is 5.63 Å². The van der Waals surface area contributed by atoms with Gasteiger partial charge in [0.1, 0.15) is 5.58 Å². The zero-order valence-corrected chi connectivity index (χ0v) is 14.5. The Morgan fingerprint density at radius 2 is 2.24 bits per heavy atom. The van der Waals surface area contributed by atoms with Gasteiger partial charge in [0.05, 0.1) is 6.33 Å². The minimum absolute atomic E-state index is 0.277. The summed E-state index contributed by atoms with van der Waals surface area (Å²) in [5, 5.41) is 1.01. The Labute approximate surface area is 146 Å². The predicted octanol–water partition coefficient (Wildman–Crippen LogP) is 3.21. The number of fused-ring (bicyclic) bond motifs is 1. The first-order valence-corrected chi connectivity index (χ1v) is 8.89. The lowest BCUT2D eigenvalue weighted by atomic mass is 9.97. The second kappa shape index (κ2) is 6.84. The molecular formula is C20H23N3O2. The van der Waals surface area contributed by atoms with E-state index in [0.717, 1.165) is 37.1 Å². The Bertz CT molecular complexity index is 914. The highest BCUT2D eigenvalue weighted by atomic mass is 16.4. The number of likely N-dealkylation sites (tertiary alicyclic amines) is 1. The maximum Gasteiger partial charge on any atom is 0.336 e. The van der Waals surface area contributed by atoms with Crippen LogP contribution in [0.2, 0.25) is 0 Å². The Morgan fingerprint density at radius 3 is 3.08 bits per heavy atom. The number of imidazole rings is 1. The van der Waals surface area contributed by atoms with Crippen molar-refractivity contribution in [3.63, 3.8) is 0 Å². The average Bonchev–Trinajstić information content (AvgIpc) is 3.07. The van der Waals surface area contributed by atoms with E-state index < -0.39 is 0 Å². The van der Waals surface area contributed by atoms with E-state index in [4.69, 9.17) is 4.42 Å². The highest BCUT2D eigenvalue weighted by Crippen LogP contribution is 2.22. The van der Waals surface area contributed by atoms with Gasteiger partial charge in [-0.3, -0.25) is 4.90 Å². The molecule has 0 saturated carbocycles. The Kier molecular flexibility index (Phi) is 4.40. The lowest BCUT2D eigenvalue weighted by Crippen LogP contribution is -2.36. The van der Waals surface area contributed by atoms with Crippen LogP contribution in [0, 0.1) is 12.8 Å². The molecular weight excluding hydrogens is 314 g/mol. The van der Waals surface area contributed by atoms with Crippen LogP contribution in [0.15, 0.2) is 52.2 Å². The van der Waals surface area contributed by atoms with Gasteiger partial charge in [0.25, 0.3) is 0 Å². The minimum atomic E-state index is -0.277. The molecule has 3 heterocycles. The van der Waals surface area contributed by atoms with E-state index in [9.17, 15) is 4.79 Å². The molecule has 1 atom stereocenters. The molecule has 0 bridgehead atoms. The van der Waals surface area contributed by atoms with Gasteiger partial charge in [-0.15, -0.1) is 0 Å². The van der Waals surface area contributed by atoms with Gasteiger partial charge in [0, 0.05) is 43.5 Å². The highest BCUT2D eigenvalue weighted by molar-refractivity contribution is 5.80. The fraction of sp³-hybridized carbons (Fsp3) is 0.400. The van der Waals surface area contributed by atoms with Crippen LogP contribution in [0.25, 0.3) is 11.0 Å². The first-order chi connectivity index (χ1) is 12.2. The van der Waals surface area contributed by atoms with Crippen molar-refractivity contribution < 1.29 is 4.42 Å². The topological polar surface area (TPSA) is 51.3 Å². The molecule has 25 heavy (non-hydrogen) atoms. The molecule has 3 aromatic rings. The number of aromatic nitrogens is 2. The van der Waals surface area contributed by atoms with Crippen molar-refractivity contribution in [1.82, 2.24) is 14.5 Å². The predicted molar refractivity (Wildman–Crippen MR) is 97.4 cm³/mol. The van der Waals surface area contributed by atoms with Crippen LogP contribution >= 0.6 is 0 Å². The molecule has 4 rings (SSSR count). The van der Waals surface area contributed by atoms with Gasteiger partial charge in [-0.1, -0.05) is 12.1 Å². The third-order valence-electron chi connectivity index (χ3n) is 5.05. The molecule has 0 aliphatic carbocycles. The van der Waals surface area contributed by atoms with Crippen molar-refractivity contribution in [2.75, 3.05) is 13.1 Å². The number of rotatable bonds is 4. The van der Waals surface area contributed by atoms with Gasteiger partial charge in [-0.2, -0.15) is 0 Å². The maximum atomic E-state index is 11.6. The molecule has 0 unspecified atom stereocenters. The SMILES string of the molecule is Cc1cc(=O)oc2cc(CN3CCC[C@@H](Cn4ccnc4)C3)ccc12. The van der Waals surface area contributed by atoms with E-state index in [-0.39, 0.29) is 5.63 Å². The molecule has 0 N–H and O–H groups in total. The Balaban J connectivity index is 1.47. The minimum Gasteiger partial charge on any atom is -0.423 e. The first-order valence-electron chi connectivity index (χ1n) is 8.89. The average molecular weight is 337 g/mol. The van der Waals surface area contributed by atoms with Crippen LogP contribution in [0.5, 0.6) is 0 Å². The lowest BCUT2D eigenvalue weighted by molar-refractivity contribution is 0.156. The summed E-state index contributed by atoms with van der Waals surface area (Å²) < 4.78 is 7.55.